The Morgan fingerprint density at radius 1 is 1.07 bits per heavy atom. The Labute approximate surface area is 164 Å². The van der Waals surface area contributed by atoms with Gasteiger partial charge in [-0.25, -0.2) is 14.6 Å². The molecule has 144 valence electrons. The topological polar surface area (TPSA) is 129 Å². The number of nitrogens with zero attached hydrogens (tertiary/aromatic N) is 6. The minimum atomic E-state index is 0.280. The average molecular weight is 388 g/mol. The SMILES string of the molecule is COc1ccc2c(-c3cnc4c(-c5nnn[nH]5)c(N)nn4c3)c(OC)ccc2c1. The largest absolute Gasteiger partial charge is 0.497 e. The van der Waals surface area contributed by atoms with Gasteiger partial charge in [-0.05, 0) is 45.5 Å². The van der Waals surface area contributed by atoms with E-state index in [0.717, 1.165) is 33.4 Å². The van der Waals surface area contributed by atoms with Gasteiger partial charge in [0.25, 0.3) is 0 Å². The molecule has 0 atom stereocenters. The molecule has 0 bridgehead atoms. The lowest BCUT2D eigenvalue weighted by atomic mass is 9.99. The number of methoxy groups -OCH3 is 2. The van der Waals surface area contributed by atoms with Gasteiger partial charge in [-0.2, -0.15) is 0 Å². The Kier molecular flexibility index (Phi) is 3.76. The van der Waals surface area contributed by atoms with Crippen molar-refractivity contribution in [1.82, 2.24) is 35.2 Å². The Balaban J connectivity index is 1.74. The van der Waals surface area contributed by atoms with Gasteiger partial charge < -0.3 is 15.2 Å². The summed E-state index contributed by atoms with van der Waals surface area (Å²) in [6.45, 7) is 0. The second-order valence-corrected chi connectivity index (χ2v) is 6.35. The normalized spacial score (nSPS) is 11.2. The van der Waals surface area contributed by atoms with E-state index < -0.39 is 0 Å². The number of benzene rings is 2. The number of tetrazole rings is 1. The summed E-state index contributed by atoms with van der Waals surface area (Å²) in [7, 11) is 3.29. The first-order valence-electron chi connectivity index (χ1n) is 8.72. The van der Waals surface area contributed by atoms with Crippen LogP contribution in [0.5, 0.6) is 11.5 Å². The Bertz CT molecular complexity index is 1340. The summed E-state index contributed by atoms with van der Waals surface area (Å²) in [6.07, 6.45) is 3.61. The Morgan fingerprint density at radius 2 is 1.97 bits per heavy atom. The molecule has 0 amide bonds. The van der Waals surface area contributed by atoms with Crippen molar-refractivity contribution in [2.24, 2.45) is 0 Å². The quantitative estimate of drug-likeness (QED) is 0.480. The molecule has 0 spiro atoms. The second kappa shape index (κ2) is 6.44. The summed E-state index contributed by atoms with van der Waals surface area (Å²) in [6, 6.07) is 9.81. The van der Waals surface area contributed by atoms with Crippen LogP contribution in [0.4, 0.5) is 5.82 Å². The number of rotatable bonds is 4. The number of fused-ring (bicyclic) bond motifs is 2. The van der Waals surface area contributed by atoms with E-state index >= 15 is 0 Å². The van der Waals surface area contributed by atoms with Crippen LogP contribution in [-0.4, -0.2) is 49.4 Å². The minimum absolute atomic E-state index is 0.280. The fraction of sp³-hybridized carbons (Fsp3) is 0.105. The number of nitrogens with two attached hydrogens (primary N) is 1. The van der Waals surface area contributed by atoms with Crippen LogP contribution < -0.4 is 15.2 Å². The number of aromatic amines is 1. The first kappa shape index (κ1) is 16.9. The van der Waals surface area contributed by atoms with Gasteiger partial charge in [0.1, 0.15) is 17.1 Å². The molecule has 0 aliphatic heterocycles. The molecular formula is C19H16N8O2. The van der Waals surface area contributed by atoms with Crippen LogP contribution in [0.25, 0.3) is 38.9 Å². The highest BCUT2D eigenvalue weighted by atomic mass is 16.5. The number of nitrogens with one attached hydrogen (secondary N) is 1. The van der Waals surface area contributed by atoms with Gasteiger partial charge in [-0.15, -0.1) is 10.2 Å². The average Bonchev–Trinajstić information content (AvgIpc) is 3.38. The highest BCUT2D eigenvalue weighted by molar-refractivity contribution is 6.00. The molecule has 0 saturated carbocycles. The third-order valence-electron chi connectivity index (χ3n) is 4.78. The molecule has 0 saturated heterocycles. The molecule has 10 nitrogen and oxygen atoms in total. The minimum Gasteiger partial charge on any atom is -0.497 e. The summed E-state index contributed by atoms with van der Waals surface area (Å²) < 4.78 is 12.6. The monoisotopic (exact) mass is 388 g/mol. The van der Waals surface area contributed by atoms with Gasteiger partial charge in [0.05, 0.1) is 14.2 Å². The van der Waals surface area contributed by atoms with Crippen LogP contribution >= 0.6 is 0 Å². The predicted octanol–water partition coefficient (Wildman–Crippen LogP) is 2.33. The van der Waals surface area contributed by atoms with Crippen molar-refractivity contribution in [1.29, 1.82) is 0 Å². The summed E-state index contributed by atoms with van der Waals surface area (Å²) in [5.74, 6) is 2.20. The number of anilines is 1. The van der Waals surface area contributed by atoms with E-state index in [1.165, 1.54) is 0 Å². The van der Waals surface area contributed by atoms with E-state index in [1.54, 1.807) is 24.9 Å². The summed E-state index contributed by atoms with van der Waals surface area (Å²) in [4.78, 5) is 4.57. The smallest absolute Gasteiger partial charge is 0.187 e. The third-order valence-corrected chi connectivity index (χ3v) is 4.78. The highest BCUT2D eigenvalue weighted by Crippen LogP contribution is 2.38. The van der Waals surface area contributed by atoms with E-state index in [0.29, 0.717) is 17.0 Å². The maximum atomic E-state index is 6.09. The van der Waals surface area contributed by atoms with Crippen molar-refractivity contribution in [3.8, 4) is 34.0 Å². The zero-order valence-corrected chi connectivity index (χ0v) is 15.6. The van der Waals surface area contributed by atoms with Gasteiger partial charge in [0, 0.05) is 23.5 Å². The number of aromatic nitrogens is 7. The number of H-pyrrole nitrogens is 1. The van der Waals surface area contributed by atoms with Crippen molar-refractivity contribution in [3.05, 3.63) is 42.7 Å². The van der Waals surface area contributed by atoms with Gasteiger partial charge in [0.2, 0.25) is 0 Å². The molecule has 10 heteroatoms. The van der Waals surface area contributed by atoms with E-state index in [1.807, 2.05) is 36.5 Å². The number of hydrogen-bond donors (Lipinski definition) is 2. The van der Waals surface area contributed by atoms with Gasteiger partial charge in [-0.1, -0.05) is 6.07 Å². The standard InChI is InChI=1S/C19H16N8O2/c1-28-12-4-5-13-10(7-12)3-6-14(29-2)15(13)11-8-21-19-16(18-22-25-26-23-18)17(20)24-27(19)9-11/h3-9H,1-2H3,(H2,20,24)(H,22,23,25,26). The molecule has 0 aliphatic rings. The molecule has 2 aromatic carbocycles. The summed E-state index contributed by atoms with van der Waals surface area (Å²) in [5.41, 5.74) is 8.92. The first-order chi connectivity index (χ1) is 14.2. The van der Waals surface area contributed by atoms with Gasteiger partial charge >= 0.3 is 0 Å². The van der Waals surface area contributed by atoms with Crippen molar-refractivity contribution in [2.45, 2.75) is 0 Å². The zero-order valence-electron chi connectivity index (χ0n) is 15.6. The van der Waals surface area contributed by atoms with Crippen molar-refractivity contribution in [2.75, 3.05) is 20.0 Å². The van der Waals surface area contributed by atoms with Gasteiger partial charge in [0.15, 0.2) is 17.3 Å². The van der Waals surface area contributed by atoms with Crippen LogP contribution in [0.1, 0.15) is 0 Å². The number of nitrogen functional groups attached to an aromatic ring is 1. The van der Waals surface area contributed by atoms with Crippen LogP contribution in [-0.2, 0) is 0 Å². The van der Waals surface area contributed by atoms with Crippen LogP contribution in [0.2, 0.25) is 0 Å². The molecule has 0 fully saturated rings. The molecule has 29 heavy (non-hydrogen) atoms. The van der Waals surface area contributed by atoms with E-state index in [9.17, 15) is 0 Å². The fourth-order valence-electron chi connectivity index (χ4n) is 3.46. The fourth-order valence-corrected chi connectivity index (χ4v) is 3.46. The highest BCUT2D eigenvalue weighted by Gasteiger charge is 2.19. The summed E-state index contributed by atoms with van der Waals surface area (Å²) in [5, 5.41) is 20.2. The Morgan fingerprint density at radius 3 is 2.72 bits per heavy atom. The van der Waals surface area contributed by atoms with Crippen molar-refractivity contribution < 1.29 is 9.47 Å². The molecule has 0 radical (unpaired) electrons. The third kappa shape index (κ3) is 2.61. The predicted molar refractivity (Wildman–Crippen MR) is 107 cm³/mol. The van der Waals surface area contributed by atoms with Crippen LogP contribution in [0, 0.1) is 0 Å². The first-order valence-corrected chi connectivity index (χ1v) is 8.72. The molecule has 3 N–H and O–H groups in total. The van der Waals surface area contributed by atoms with E-state index in [-0.39, 0.29) is 5.82 Å². The molecular weight excluding hydrogens is 372 g/mol. The van der Waals surface area contributed by atoms with Crippen LogP contribution in [0.3, 0.4) is 0 Å². The molecule has 3 aromatic heterocycles. The maximum absolute atomic E-state index is 6.09. The molecule has 5 aromatic rings. The van der Waals surface area contributed by atoms with Crippen molar-refractivity contribution >= 4 is 22.2 Å². The second-order valence-electron chi connectivity index (χ2n) is 6.35. The number of ether oxygens (including phenoxy) is 2. The molecule has 0 unspecified atom stereocenters. The lowest BCUT2D eigenvalue weighted by Crippen LogP contribution is -1.96. The van der Waals surface area contributed by atoms with E-state index in [4.69, 9.17) is 15.2 Å². The Hall–Kier alpha value is -4.21. The van der Waals surface area contributed by atoms with Gasteiger partial charge in [-0.3, -0.25) is 0 Å². The zero-order chi connectivity index (χ0) is 20.0. The molecule has 5 rings (SSSR count). The lowest BCUT2D eigenvalue weighted by molar-refractivity contribution is 0.415. The summed E-state index contributed by atoms with van der Waals surface area (Å²) >= 11 is 0. The maximum Gasteiger partial charge on any atom is 0.187 e. The molecule has 0 aliphatic carbocycles. The number of hydrogen-bond acceptors (Lipinski definition) is 8. The van der Waals surface area contributed by atoms with Crippen LogP contribution in [0.15, 0.2) is 42.7 Å². The lowest BCUT2D eigenvalue weighted by Gasteiger charge is -2.13. The molecule has 3 heterocycles. The van der Waals surface area contributed by atoms with E-state index in [2.05, 4.69) is 30.7 Å². The van der Waals surface area contributed by atoms with Crippen molar-refractivity contribution in [3.63, 3.8) is 0 Å².